The fourth-order valence-electron chi connectivity index (χ4n) is 0.618. The van der Waals surface area contributed by atoms with Gasteiger partial charge in [0.05, 0.1) is 0 Å². The van der Waals surface area contributed by atoms with Crippen LogP contribution in [0.4, 0.5) is 4.79 Å². The van der Waals surface area contributed by atoms with E-state index in [0.29, 0.717) is 0 Å². The molecule has 0 aromatic heterocycles. The van der Waals surface area contributed by atoms with E-state index in [1.807, 2.05) is 0 Å². The third-order valence-corrected chi connectivity index (χ3v) is 1.13. The SMILES string of the molecule is CNC(=O)C1COC(=O)O1. The van der Waals surface area contributed by atoms with Crippen molar-refractivity contribution in [2.24, 2.45) is 0 Å². The molecule has 0 aromatic rings. The predicted molar refractivity (Wildman–Crippen MR) is 30.3 cm³/mol. The summed E-state index contributed by atoms with van der Waals surface area (Å²) in [6.45, 7) is 0.0124. The Hall–Kier alpha value is -1.26. The first-order valence-electron chi connectivity index (χ1n) is 2.79. The smallest absolute Gasteiger partial charge is 0.430 e. The van der Waals surface area contributed by atoms with Crippen LogP contribution >= 0.6 is 0 Å². The van der Waals surface area contributed by atoms with Gasteiger partial charge in [0.25, 0.3) is 5.91 Å². The molecule has 0 bridgehead atoms. The van der Waals surface area contributed by atoms with Crippen molar-refractivity contribution in [3.63, 3.8) is 0 Å². The second-order valence-electron chi connectivity index (χ2n) is 1.78. The molecule has 0 radical (unpaired) electrons. The van der Waals surface area contributed by atoms with Crippen LogP contribution in [0.25, 0.3) is 0 Å². The Bertz CT molecular complexity index is 167. The number of amides is 1. The van der Waals surface area contributed by atoms with Gasteiger partial charge in [-0.3, -0.25) is 4.79 Å². The second-order valence-corrected chi connectivity index (χ2v) is 1.78. The van der Waals surface area contributed by atoms with Gasteiger partial charge >= 0.3 is 6.16 Å². The molecule has 1 fully saturated rings. The molecule has 1 aliphatic heterocycles. The zero-order chi connectivity index (χ0) is 7.56. The van der Waals surface area contributed by atoms with Gasteiger partial charge in [0.15, 0.2) is 0 Å². The Balaban J connectivity index is 2.44. The monoisotopic (exact) mass is 145 g/mol. The maximum atomic E-state index is 10.7. The van der Waals surface area contributed by atoms with Crippen LogP contribution in [0.5, 0.6) is 0 Å². The molecule has 0 saturated carbocycles. The lowest BCUT2D eigenvalue weighted by Gasteiger charge is -2.01. The van der Waals surface area contributed by atoms with E-state index in [1.165, 1.54) is 7.05 Å². The Morgan fingerprint density at radius 1 is 1.80 bits per heavy atom. The highest BCUT2D eigenvalue weighted by Crippen LogP contribution is 2.04. The number of likely N-dealkylation sites (N-methyl/N-ethyl adjacent to an activating group) is 1. The lowest BCUT2D eigenvalue weighted by atomic mass is 10.4. The first kappa shape index (κ1) is 6.85. The van der Waals surface area contributed by atoms with Crippen LogP contribution in [-0.2, 0) is 14.3 Å². The highest BCUT2D eigenvalue weighted by molar-refractivity contribution is 5.84. The Labute approximate surface area is 57.3 Å². The van der Waals surface area contributed by atoms with Crippen molar-refractivity contribution in [3.05, 3.63) is 0 Å². The quantitative estimate of drug-likeness (QED) is 0.494. The first-order chi connectivity index (χ1) is 4.74. The predicted octanol–water partition coefficient (Wildman–Crippen LogP) is -0.732. The minimum atomic E-state index is -0.784. The fraction of sp³-hybridized carbons (Fsp3) is 0.600. The van der Waals surface area contributed by atoms with E-state index in [1.54, 1.807) is 0 Å². The van der Waals surface area contributed by atoms with Crippen molar-refractivity contribution in [1.82, 2.24) is 5.32 Å². The van der Waals surface area contributed by atoms with Crippen molar-refractivity contribution in [2.45, 2.75) is 6.10 Å². The van der Waals surface area contributed by atoms with E-state index in [4.69, 9.17) is 0 Å². The molecule has 10 heavy (non-hydrogen) atoms. The third-order valence-electron chi connectivity index (χ3n) is 1.13. The number of rotatable bonds is 1. The summed E-state index contributed by atoms with van der Waals surface area (Å²) in [6, 6.07) is 0. The largest absolute Gasteiger partial charge is 0.509 e. The average Bonchev–Trinajstić information content (AvgIpc) is 2.34. The molecule has 1 atom stereocenters. The van der Waals surface area contributed by atoms with Crippen molar-refractivity contribution in [2.75, 3.05) is 13.7 Å². The Morgan fingerprint density at radius 3 is 2.90 bits per heavy atom. The summed E-state index contributed by atoms with van der Waals surface area (Å²) in [5, 5.41) is 2.33. The van der Waals surface area contributed by atoms with Gasteiger partial charge in [-0.05, 0) is 0 Å². The molecule has 0 aromatic carbocycles. The molecular formula is C5H7NO4. The van der Waals surface area contributed by atoms with E-state index < -0.39 is 12.3 Å². The molecule has 1 heterocycles. The number of cyclic esters (lactones) is 2. The molecule has 1 unspecified atom stereocenters. The maximum Gasteiger partial charge on any atom is 0.509 e. The van der Waals surface area contributed by atoms with Crippen molar-refractivity contribution in [1.29, 1.82) is 0 Å². The molecule has 1 amide bonds. The summed E-state index contributed by atoms with van der Waals surface area (Å²) in [5.41, 5.74) is 0. The van der Waals surface area contributed by atoms with Crippen molar-refractivity contribution >= 4 is 12.1 Å². The molecular weight excluding hydrogens is 138 g/mol. The molecule has 0 spiro atoms. The number of carbonyl (C=O) groups is 2. The standard InChI is InChI=1S/C5H7NO4/c1-6-4(7)3-2-9-5(8)10-3/h3H,2H2,1H3,(H,6,7). The van der Waals surface area contributed by atoms with Gasteiger partial charge in [-0.1, -0.05) is 0 Å². The molecule has 56 valence electrons. The topological polar surface area (TPSA) is 64.6 Å². The highest BCUT2D eigenvalue weighted by atomic mass is 16.8. The lowest BCUT2D eigenvalue weighted by Crippen LogP contribution is -2.33. The molecule has 1 aliphatic rings. The normalized spacial score (nSPS) is 23.3. The van der Waals surface area contributed by atoms with E-state index in [9.17, 15) is 9.59 Å². The van der Waals surface area contributed by atoms with Crippen molar-refractivity contribution < 1.29 is 19.1 Å². The Kier molecular flexibility index (Phi) is 1.75. The number of nitrogens with one attached hydrogen (secondary N) is 1. The molecule has 5 heteroatoms. The minimum absolute atomic E-state index is 0.0124. The second kappa shape index (κ2) is 2.55. The molecule has 5 nitrogen and oxygen atoms in total. The summed E-state index contributed by atoms with van der Waals surface area (Å²) in [4.78, 5) is 20.9. The number of hydrogen-bond acceptors (Lipinski definition) is 4. The van der Waals surface area contributed by atoms with Gasteiger partial charge in [0, 0.05) is 7.05 Å². The van der Waals surface area contributed by atoms with Crippen LogP contribution in [0.1, 0.15) is 0 Å². The number of ether oxygens (including phenoxy) is 2. The van der Waals surface area contributed by atoms with Crippen molar-refractivity contribution in [3.8, 4) is 0 Å². The summed E-state index contributed by atoms with van der Waals surface area (Å²) < 4.78 is 8.81. The van der Waals surface area contributed by atoms with E-state index in [2.05, 4.69) is 14.8 Å². The highest BCUT2D eigenvalue weighted by Gasteiger charge is 2.30. The van der Waals surface area contributed by atoms with Gasteiger partial charge in [-0.2, -0.15) is 0 Å². The van der Waals surface area contributed by atoms with Gasteiger partial charge in [0.2, 0.25) is 6.10 Å². The van der Waals surface area contributed by atoms with Crippen LogP contribution in [0, 0.1) is 0 Å². The first-order valence-corrected chi connectivity index (χ1v) is 2.79. The van der Waals surface area contributed by atoms with Crippen LogP contribution in [0.15, 0.2) is 0 Å². The fourth-order valence-corrected chi connectivity index (χ4v) is 0.618. The van der Waals surface area contributed by atoms with E-state index in [0.717, 1.165) is 0 Å². The zero-order valence-electron chi connectivity index (χ0n) is 5.42. The number of hydrogen-bond donors (Lipinski definition) is 1. The Morgan fingerprint density at radius 2 is 2.50 bits per heavy atom. The van der Waals surface area contributed by atoms with Crippen LogP contribution in [-0.4, -0.2) is 31.8 Å². The van der Waals surface area contributed by atoms with Crippen LogP contribution in [0.3, 0.4) is 0 Å². The van der Waals surface area contributed by atoms with Gasteiger partial charge in [-0.15, -0.1) is 0 Å². The molecule has 1 saturated heterocycles. The van der Waals surface area contributed by atoms with Gasteiger partial charge in [0.1, 0.15) is 6.61 Å². The third kappa shape index (κ3) is 1.18. The van der Waals surface area contributed by atoms with Crippen LogP contribution in [0.2, 0.25) is 0 Å². The zero-order valence-corrected chi connectivity index (χ0v) is 5.42. The molecule has 1 rings (SSSR count). The maximum absolute atomic E-state index is 10.7. The molecule has 0 aliphatic carbocycles. The van der Waals surface area contributed by atoms with E-state index >= 15 is 0 Å². The summed E-state index contributed by atoms with van der Waals surface area (Å²) in [6.07, 6.45) is -1.55. The summed E-state index contributed by atoms with van der Waals surface area (Å²) in [7, 11) is 1.47. The molecule has 1 N–H and O–H groups in total. The summed E-state index contributed by atoms with van der Waals surface area (Å²) in [5.74, 6) is -0.342. The van der Waals surface area contributed by atoms with Gasteiger partial charge < -0.3 is 14.8 Å². The van der Waals surface area contributed by atoms with E-state index in [-0.39, 0.29) is 12.5 Å². The van der Waals surface area contributed by atoms with Gasteiger partial charge in [-0.25, -0.2) is 4.79 Å². The van der Waals surface area contributed by atoms with Crippen LogP contribution < -0.4 is 5.32 Å². The minimum Gasteiger partial charge on any atom is -0.430 e. The number of carbonyl (C=O) groups excluding carboxylic acids is 2. The summed E-state index contributed by atoms with van der Waals surface area (Å²) >= 11 is 0. The lowest BCUT2D eigenvalue weighted by molar-refractivity contribution is -0.127. The average molecular weight is 145 g/mol.